The van der Waals surface area contributed by atoms with E-state index in [4.69, 9.17) is 0 Å². The van der Waals surface area contributed by atoms with E-state index in [0.717, 1.165) is 4.31 Å². The molecule has 1 heterocycles. The number of aromatic nitrogens is 2. The number of nitrogens with one attached hydrogen (secondary N) is 1. The summed E-state index contributed by atoms with van der Waals surface area (Å²) in [5.41, 5.74) is 0.869. The summed E-state index contributed by atoms with van der Waals surface area (Å²) in [6.45, 7) is 3.05. The van der Waals surface area contributed by atoms with Crippen LogP contribution in [0.3, 0.4) is 0 Å². The Balaban J connectivity index is 3.05. The van der Waals surface area contributed by atoms with Gasteiger partial charge in [0.15, 0.2) is 0 Å². The van der Waals surface area contributed by atoms with Crippen LogP contribution in [0.4, 0.5) is 0 Å². The van der Waals surface area contributed by atoms with Crippen LogP contribution >= 0.6 is 0 Å². The zero-order chi connectivity index (χ0) is 14.1. The Morgan fingerprint density at radius 3 is 2.22 bits per heavy atom. The van der Waals surface area contributed by atoms with E-state index in [1.165, 1.54) is 11.9 Å². The van der Waals surface area contributed by atoms with E-state index in [2.05, 4.69) is 10.2 Å². The molecule has 0 atom stereocenters. The van der Waals surface area contributed by atoms with E-state index in [9.17, 15) is 13.2 Å². The van der Waals surface area contributed by atoms with Crippen LogP contribution in [-0.4, -0.2) is 61.4 Å². The minimum Gasteiger partial charge on any atom is -0.348 e. The molecule has 0 aromatic carbocycles. The van der Waals surface area contributed by atoms with Crippen LogP contribution in [0.15, 0.2) is 4.90 Å². The predicted molar refractivity (Wildman–Crippen MR) is 66.6 cm³/mol. The summed E-state index contributed by atoms with van der Waals surface area (Å²) >= 11 is 0. The third kappa shape index (κ3) is 2.70. The van der Waals surface area contributed by atoms with Gasteiger partial charge in [-0.2, -0.15) is 9.40 Å². The molecule has 0 saturated heterocycles. The summed E-state index contributed by atoms with van der Waals surface area (Å²) < 4.78 is 25.6. The number of H-pyrrole nitrogens is 1. The first kappa shape index (κ1) is 14.7. The predicted octanol–water partition coefficient (Wildman–Crippen LogP) is -0.265. The van der Waals surface area contributed by atoms with Crippen molar-refractivity contribution >= 4 is 15.9 Å². The van der Waals surface area contributed by atoms with Crippen molar-refractivity contribution in [2.75, 3.05) is 27.7 Å². The molecule has 0 fully saturated rings. The number of amides is 1. The number of sulfonamides is 1. The first-order valence-electron chi connectivity index (χ1n) is 5.36. The molecule has 8 heteroatoms. The maximum atomic E-state index is 12.3. The molecule has 0 radical (unpaired) electrons. The lowest BCUT2D eigenvalue weighted by Gasteiger charge is -2.19. The molecular weight excluding hydrogens is 256 g/mol. The van der Waals surface area contributed by atoms with Gasteiger partial charge in [0.25, 0.3) is 0 Å². The van der Waals surface area contributed by atoms with Crippen molar-refractivity contribution < 1.29 is 13.2 Å². The van der Waals surface area contributed by atoms with Gasteiger partial charge in [-0.1, -0.05) is 0 Å². The summed E-state index contributed by atoms with van der Waals surface area (Å²) in [5.74, 6) is -0.278. The van der Waals surface area contributed by atoms with Crippen LogP contribution in [0.25, 0.3) is 0 Å². The van der Waals surface area contributed by atoms with Gasteiger partial charge in [-0.15, -0.1) is 0 Å². The molecule has 1 rings (SSSR count). The Hall–Kier alpha value is -1.41. The van der Waals surface area contributed by atoms with Gasteiger partial charge in [0.1, 0.15) is 4.90 Å². The number of aromatic amines is 1. The second-order valence-electron chi connectivity index (χ2n) is 4.31. The van der Waals surface area contributed by atoms with Crippen LogP contribution < -0.4 is 0 Å². The monoisotopic (exact) mass is 274 g/mol. The van der Waals surface area contributed by atoms with Crippen LogP contribution in [0, 0.1) is 13.8 Å². The summed E-state index contributed by atoms with van der Waals surface area (Å²) in [7, 11) is 0.845. The fraction of sp³-hybridized carbons (Fsp3) is 0.600. The largest absolute Gasteiger partial charge is 0.348 e. The third-order valence-corrected chi connectivity index (χ3v) is 4.65. The van der Waals surface area contributed by atoms with Crippen molar-refractivity contribution in [3.8, 4) is 0 Å². The van der Waals surface area contributed by atoms with Crippen molar-refractivity contribution in [3.05, 3.63) is 11.4 Å². The van der Waals surface area contributed by atoms with Gasteiger partial charge in [-0.05, 0) is 13.8 Å². The van der Waals surface area contributed by atoms with E-state index in [1.807, 2.05) is 0 Å². The maximum Gasteiger partial charge on any atom is 0.246 e. The average molecular weight is 274 g/mol. The standard InChI is InChI=1S/C10H18N4O3S/c1-7-10(8(2)12-11-7)18(16,17)14(5)6-9(15)13(3)4/h6H2,1-5H3,(H,11,12). The van der Waals surface area contributed by atoms with Crippen molar-refractivity contribution in [1.29, 1.82) is 0 Å². The van der Waals surface area contributed by atoms with Crippen LogP contribution in [0.1, 0.15) is 11.4 Å². The molecule has 0 saturated carbocycles. The number of nitrogens with zero attached hydrogens (tertiary/aromatic N) is 3. The number of aryl methyl sites for hydroxylation is 2. The highest BCUT2D eigenvalue weighted by molar-refractivity contribution is 7.89. The van der Waals surface area contributed by atoms with Gasteiger partial charge < -0.3 is 4.90 Å². The highest BCUT2D eigenvalue weighted by Crippen LogP contribution is 2.20. The summed E-state index contributed by atoms with van der Waals surface area (Å²) in [6.07, 6.45) is 0. The minimum absolute atomic E-state index is 0.136. The maximum absolute atomic E-state index is 12.3. The fourth-order valence-corrected chi connectivity index (χ4v) is 2.94. The zero-order valence-electron chi connectivity index (χ0n) is 11.2. The van der Waals surface area contributed by atoms with Gasteiger partial charge in [0, 0.05) is 21.1 Å². The van der Waals surface area contributed by atoms with Gasteiger partial charge >= 0.3 is 0 Å². The quantitative estimate of drug-likeness (QED) is 0.819. The van der Waals surface area contributed by atoms with Crippen LogP contribution in [0.2, 0.25) is 0 Å². The van der Waals surface area contributed by atoms with E-state index in [0.29, 0.717) is 11.4 Å². The lowest BCUT2D eigenvalue weighted by molar-refractivity contribution is -0.128. The molecule has 0 aliphatic heterocycles. The number of carbonyl (C=O) groups excluding carboxylic acids is 1. The Morgan fingerprint density at radius 2 is 1.83 bits per heavy atom. The second-order valence-corrected chi connectivity index (χ2v) is 6.29. The fourth-order valence-electron chi connectivity index (χ4n) is 1.49. The lowest BCUT2D eigenvalue weighted by Crippen LogP contribution is -2.38. The molecule has 0 aliphatic carbocycles. The van der Waals surface area contributed by atoms with E-state index >= 15 is 0 Å². The highest BCUT2D eigenvalue weighted by atomic mass is 32.2. The first-order valence-corrected chi connectivity index (χ1v) is 6.80. The van der Waals surface area contributed by atoms with Crippen molar-refractivity contribution in [2.45, 2.75) is 18.7 Å². The van der Waals surface area contributed by atoms with Gasteiger partial charge in [-0.3, -0.25) is 9.89 Å². The number of carbonyl (C=O) groups is 1. The molecule has 1 N–H and O–H groups in total. The molecule has 0 aliphatic rings. The molecular formula is C10H18N4O3S. The molecule has 0 unspecified atom stereocenters. The second kappa shape index (κ2) is 5.07. The zero-order valence-corrected chi connectivity index (χ0v) is 12.0. The van der Waals surface area contributed by atoms with Crippen molar-refractivity contribution in [2.24, 2.45) is 0 Å². The minimum atomic E-state index is -3.69. The SMILES string of the molecule is Cc1n[nH]c(C)c1S(=O)(=O)N(C)CC(=O)N(C)C. The smallest absolute Gasteiger partial charge is 0.246 e. The van der Waals surface area contributed by atoms with E-state index in [-0.39, 0.29) is 17.3 Å². The third-order valence-electron chi connectivity index (χ3n) is 2.59. The summed E-state index contributed by atoms with van der Waals surface area (Å²) in [5, 5.41) is 6.48. The first-order chi connectivity index (χ1) is 8.17. The van der Waals surface area contributed by atoms with Crippen LogP contribution in [0.5, 0.6) is 0 Å². The molecule has 0 bridgehead atoms. The summed E-state index contributed by atoms with van der Waals surface area (Å²) in [4.78, 5) is 13.0. The Labute approximate surface area is 107 Å². The normalized spacial score (nSPS) is 11.9. The van der Waals surface area contributed by atoms with Gasteiger partial charge in [-0.25, -0.2) is 8.42 Å². The molecule has 102 valence electrons. The molecule has 7 nitrogen and oxygen atoms in total. The number of hydrogen-bond acceptors (Lipinski definition) is 4. The summed E-state index contributed by atoms with van der Waals surface area (Å²) in [6, 6.07) is 0. The lowest BCUT2D eigenvalue weighted by atomic mass is 10.4. The molecule has 18 heavy (non-hydrogen) atoms. The molecule has 0 spiro atoms. The Kier molecular flexibility index (Phi) is 4.12. The Morgan fingerprint density at radius 1 is 1.28 bits per heavy atom. The number of hydrogen-bond donors (Lipinski definition) is 1. The number of likely N-dealkylation sites (N-methyl/N-ethyl adjacent to an activating group) is 2. The van der Waals surface area contributed by atoms with Crippen LogP contribution in [-0.2, 0) is 14.8 Å². The number of rotatable bonds is 4. The highest BCUT2D eigenvalue weighted by Gasteiger charge is 2.28. The van der Waals surface area contributed by atoms with E-state index in [1.54, 1.807) is 27.9 Å². The van der Waals surface area contributed by atoms with Crippen molar-refractivity contribution in [1.82, 2.24) is 19.4 Å². The van der Waals surface area contributed by atoms with Gasteiger partial charge in [0.05, 0.1) is 17.9 Å². The van der Waals surface area contributed by atoms with E-state index < -0.39 is 10.0 Å². The average Bonchev–Trinajstić information content (AvgIpc) is 2.58. The Bertz CT molecular complexity index is 528. The molecule has 1 aromatic rings. The molecule has 1 amide bonds. The molecule has 1 aromatic heterocycles. The van der Waals surface area contributed by atoms with Crippen molar-refractivity contribution in [3.63, 3.8) is 0 Å². The topological polar surface area (TPSA) is 86.4 Å². The van der Waals surface area contributed by atoms with Gasteiger partial charge in [0.2, 0.25) is 15.9 Å².